The Kier molecular flexibility index (Phi) is 3.82. The van der Waals surface area contributed by atoms with Gasteiger partial charge in [-0.05, 0) is 32.6 Å². The minimum absolute atomic E-state index is 0.0910. The zero-order valence-corrected chi connectivity index (χ0v) is 9.98. The Balaban J connectivity index is 1.86. The molecule has 0 spiro atoms. The molecular formula is C12H20O4. The molecule has 2 rings (SSSR count). The molecule has 16 heavy (non-hydrogen) atoms. The van der Waals surface area contributed by atoms with E-state index in [9.17, 15) is 4.79 Å². The van der Waals surface area contributed by atoms with Gasteiger partial charge in [0, 0.05) is 12.3 Å². The van der Waals surface area contributed by atoms with Crippen LogP contribution >= 0.6 is 0 Å². The van der Waals surface area contributed by atoms with Crippen molar-refractivity contribution in [3.63, 3.8) is 0 Å². The van der Waals surface area contributed by atoms with Gasteiger partial charge in [-0.3, -0.25) is 4.79 Å². The first-order chi connectivity index (χ1) is 7.70. The van der Waals surface area contributed by atoms with Crippen molar-refractivity contribution in [3.05, 3.63) is 0 Å². The summed E-state index contributed by atoms with van der Waals surface area (Å²) >= 11 is 0. The molecule has 2 aliphatic rings. The Morgan fingerprint density at radius 3 is 3.00 bits per heavy atom. The maximum absolute atomic E-state index is 11.4. The molecular weight excluding hydrogens is 208 g/mol. The van der Waals surface area contributed by atoms with E-state index in [0.29, 0.717) is 24.9 Å². The van der Waals surface area contributed by atoms with Crippen LogP contribution in [-0.2, 0) is 19.0 Å². The molecule has 0 unspecified atom stereocenters. The van der Waals surface area contributed by atoms with Crippen molar-refractivity contribution >= 4 is 5.97 Å². The highest BCUT2D eigenvalue weighted by molar-refractivity contribution is 5.69. The summed E-state index contributed by atoms with van der Waals surface area (Å²) in [7, 11) is 0. The SMILES string of the molecule is CCOC(=O)C[C@H]1CC[C@H]2O[C@@H](C)OC[C@@H]12. The zero-order valence-electron chi connectivity index (χ0n) is 9.98. The van der Waals surface area contributed by atoms with Crippen molar-refractivity contribution in [2.45, 2.75) is 45.5 Å². The lowest BCUT2D eigenvalue weighted by atomic mass is 9.92. The van der Waals surface area contributed by atoms with E-state index in [1.54, 1.807) is 0 Å². The van der Waals surface area contributed by atoms with Gasteiger partial charge in [-0.25, -0.2) is 0 Å². The molecule has 0 aromatic rings. The summed E-state index contributed by atoms with van der Waals surface area (Å²) < 4.78 is 16.2. The Hall–Kier alpha value is -0.610. The van der Waals surface area contributed by atoms with Gasteiger partial charge in [0.25, 0.3) is 0 Å². The summed E-state index contributed by atoms with van der Waals surface area (Å²) in [4.78, 5) is 11.4. The second kappa shape index (κ2) is 5.15. The van der Waals surface area contributed by atoms with Crippen molar-refractivity contribution in [2.24, 2.45) is 11.8 Å². The molecule has 4 atom stereocenters. The molecule has 1 saturated carbocycles. The van der Waals surface area contributed by atoms with Crippen LogP contribution in [0.3, 0.4) is 0 Å². The number of esters is 1. The Bertz CT molecular complexity index is 253. The number of hydrogen-bond acceptors (Lipinski definition) is 4. The van der Waals surface area contributed by atoms with Crippen molar-refractivity contribution in [1.29, 1.82) is 0 Å². The Labute approximate surface area is 96.2 Å². The third kappa shape index (κ3) is 2.55. The Morgan fingerprint density at radius 1 is 1.44 bits per heavy atom. The summed E-state index contributed by atoms with van der Waals surface area (Å²) in [6.45, 7) is 4.94. The van der Waals surface area contributed by atoms with Gasteiger partial charge in [0.05, 0.1) is 19.3 Å². The van der Waals surface area contributed by atoms with Gasteiger partial charge in [-0.2, -0.15) is 0 Å². The topological polar surface area (TPSA) is 44.8 Å². The molecule has 92 valence electrons. The lowest BCUT2D eigenvalue weighted by Crippen LogP contribution is -2.38. The molecule has 0 N–H and O–H groups in total. The van der Waals surface area contributed by atoms with E-state index in [0.717, 1.165) is 19.4 Å². The monoisotopic (exact) mass is 228 g/mol. The summed E-state index contributed by atoms with van der Waals surface area (Å²) in [6, 6.07) is 0. The maximum Gasteiger partial charge on any atom is 0.306 e. The number of fused-ring (bicyclic) bond motifs is 1. The highest BCUT2D eigenvalue weighted by Gasteiger charge is 2.41. The van der Waals surface area contributed by atoms with Crippen LogP contribution < -0.4 is 0 Å². The lowest BCUT2D eigenvalue weighted by Gasteiger charge is -2.33. The summed E-state index contributed by atoms with van der Waals surface area (Å²) in [6.07, 6.45) is 2.79. The average molecular weight is 228 g/mol. The van der Waals surface area contributed by atoms with E-state index < -0.39 is 0 Å². The van der Waals surface area contributed by atoms with Crippen LogP contribution in [0.15, 0.2) is 0 Å². The van der Waals surface area contributed by atoms with E-state index in [2.05, 4.69) is 0 Å². The van der Waals surface area contributed by atoms with Gasteiger partial charge in [0.1, 0.15) is 0 Å². The van der Waals surface area contributed by atoms with Crippen molar-refractivity contribution in [3.8, 4) is 0 Å². The number of rotatable bonds is 3. The summed E-state index contributed by atoms with van der Waals surface area (Å²) in [5, 5.41) is 0. The predicted molar refractivity (Wildman–Crippen MR) is 57.8 cm³/mol. The van der Waals surface area contributed by atoms with Crippen LogP contribution in [0, 0.1) is 11.8 Å². The largest absolute Gasteiger partial charge is 0.466 e. The summed E-state index contributed by atoms with van der Waals surface area (Å²) in [5.74, 6) is 0.656. The zero-order chi connectivity index (χ0) is 11.5. The van der Waals surface area contributed by atoms with E-state index in [-0.39, 0.29) is 18.4 Å². The van der Waals surface area contributed by atoms with Crippen molar-refractivity contribution < 1.29 is 19.0 Å². The Morgan fingerprint density at radius 2 is 2.25 bits per heavy atom. The van der Waals surface area contributed by atoms with Gasteiger partial charge in [-0.15, -0.1) is 0 Å². The predicted octanol–water partition coefficient (Wildman–Crippen LogP) is 1.73. The molecule has 1 saturated heterocycles. The molecule has 1 heterocycles. The van der Waals surface area contributed by atoms with Crippen LogP contribution in [0.2, 0.25) is 0 Å². The van der Waals surface area contributed by atoms with Crippen LogP contribution in [0.1, 0.15) is 33.1 Å². The van der Waals surface area contributed by atoms with E-state index in [1.165, 1.54) is 0 Å². The van der Waals surface area contributed by atoms with Crippen LogP contribution in [0.4, 0.5) is 0 Å². The molecule has 0 bridgehead atoms. The normalized spacial score (nSPS) is 38.1. The number of ether oxygens (including phenoxy) is 3. The first-order valence-electron chi connectivity index (χ1n) is 6.13. The van der Waals surface area contributed by atoms with Gasteiger partial charge in [0.15, 0.2) is 6.29 Å². The van der Waals surface area contributed by atoms with Gasteiger partial charge < -0.3 is 14.2 Å². The first kappa shape index (κ1) is 11.9. The minimum atomic E-state index is -0.0948. The standard InChI is InChI=1S/C12H20O4/c1-3-14-12(13)6-9-4-5-11-10(9)7-15-8(2)16-11/h8-11H,3-7H2,1-2H3/t8-,9+,10-,11+/m0/s1. The molecule has 0 aromatic carbocycles. The molecule has 4 nitrogen and oxygen atoms in total. The van der Waals surface area contributed by atoms with Gasteiger partial charge in [-0.1, -0.05) is 0 Å². The van der Waals surface area contributed by atoms with Crippen molar-refractivity contribution in [1.82, 2.24) is 0 Å². The van der Waals surface area contributed by atoms with Gasteiger partial charge in [0.2, 0.25) is 0 Å². The third-order valence-electron chi connectivity index (χ3n) is 3.53. The second-order valence-electron chi connectivity index (χ2n) is 4.59. The molecule has 1 aliphatic carbocycles. The molecule has 0 aromatic heterocycles. The highest BCUT2D eigenvalue weighted by Crippen LogP contribution is 2.39. The lowest BCUT2D eigenvalue weighted by molar-refractivity contribution is -0.224. The number of carbonyl (C=O) groups excluding carboxylic acids is 1. The molecule has 2 fully saturated rings. The maximum atomic E-state index is 11.4. The number of carbonyl (C=O) groups is 1. The number of hydrogen-bond donors (Lipinski definition) is 0. The molecule has 0 amide bonds. The molecule has 4 heteroatoms. The fraction of sp³-hybridized carbons (Fsp3) is 0.917. The smallest absolute Gasteiger partial charge is 0.306 e. The minimum Gasteiger partial charge on any atom is -0.466 e. The van der Waals surface area contributed by atoms with Crippen molar-refractivity contribution in [2.75, 3.05) is 13.2 Å². The fourth-order valence-corrected chi connectivity index (χ4v) is 2.74. The van der Waals surface area contributed by atoms with Crippen LogP contribution in [0.5, 0.6) is 0 Å². The van der Waals surface area contributed by atoms with E-state index >= 15 is 0 Å². The quantitative estimate of drug-likeness (QED) is 0.690. The van der Waals surface area contributed by atoms with Crippen LogP contribution in [-0.4, -0.2) is 31.6 Å². The fourth-order valence-electron chi connectivity index (χ4n) is 2.74. The molecule has 1 aliphatic heterocycles. The van der Waals surface area contributed by atoms with E-state index in [4.69, 9.17) is 14.2 Å². The summed E-state index contributed by atoms with van der Waals surface area (Å²) in [5.41, 5.74) is 0. The third-order valence-corrected chi connectivity index (χ3v) is 3.53. The first-order valence-corrected chi connectivity index (χ1v) is 6.13. The molecule has 0 radical (unpaired) electrons. The second-order valence-corrected chi connectivity index (χ2v) is 4.59. The highest BCUT2D eigenvalue weighted by atomic mass is 16.7. The van der Waals surface area contributed by atoms with Gasteiger partial charge >= 0.3 is 5.97 Å². The van der Waals surface area contributed by atoms with E-state index in [1.807, 2.05) is 13.8 Å². The van der Waals surface area contributed by atoms with Crippen LogP contribution in [0.25, 0.3) is 0 Å². The average Bonchev–Trinajstić information content (AvgIpc) is 2.61.